The van der Waals surface area contributed by atoms with Crippen LogP contribution in [0.2, 0.25) is 5.02 Å². The summed E-state index contributed by atoms with van der Waals surface area (Å²) in [5, 5.41) is 8.14. The second-order valence-electron chi connectivity index (χ2n) is 8.93. The van der Waals surface area contributed by atoms with Gasteiger partial charge in [-0.3, -0.25) is 0 Å². The molecule has 0 saturated heterocycles. The molecule has 0 bridgehead atoms. The monoisotopic (exact) mass is 470 g/mol. The fourth-order valence-electron chi connectivity index (χ4n) is 4.21. The highest BCUT2D eigenvalue weighted by Crippen LogP contribution is 2.40. The van der Waals surface area contributed by atoms with Crippen molar-refractivity contribution < 1.29 is 4.79 Å². The Morgan fingerprint density at radius 3 is 2.56 bits per heavy atom. The number of nitrogens with one attached hydrogen (secondary N) is 2. The predicted octanol–water partition coefficient (Wildman–Crippen LogP) is 6.48. The van der Waals surface area contributed by atoms with E-state index in [1.54, 1.807) is 12.1 Å². The zero-order valence-corrected chi connectivity index (χ0v) is 20.5. The number of urea groups is 1. The third kappa shape index (κ3) is 5.37. The van der Waals surface area contributed by atoms with E-state index in [4.69, 9.17) is 11.6 Å². The smallest absolute Gasteiger partial charge is 0.319 e. The van der Waals surface area contributed by atoms with E-state index >= 15 is 0 Å². The SMILES string of the molecule is CC(C)CCC(NC(=O)Nc1ccc(Cl)cc1)c1c(-n2cccc2)sc2c1CCN(C)C2. The highest BCUT2D eigenvalue weighted by Gasteiger charge is 2.29. The van der Waals surface area contributed by atoms with Crippen LogP contribution in [0, 0.1) is 5.92 Å². The van der Waals surface area contributed by atoms with Gasteiger partial charge in [0, 0.05) is 46.6 Å². The van der Waals surface area contributed by atoms with Gasteiger partial charge in [-0.2, -0.15) is 0 Å². The fraction of sp³-hybridized carbons (Fsp3) is 0.400. The maximum atomic E-state index is 13.0. The number of hydrogen-bond acceptors (Lipinski definition) is 3. The molecule has 1 aromatic carbocycles. The van der Waals surface area contributed by atoms with Gasteiger partial charge in [-0.05, 0) is 74.2 Å². The van der Waals surface area contributed by atoms with Crippen molar-refractivity contribution in [3.8, 4) is 5.00 Å². The van der Waals surface area contributed by atoms with Crippen LogP contribution in [-0.2, 0) is 13.0 Å². The molecule has 170 valence electrons. The highest BCUT2D eigenvalue weighted by molar-refractivity contribution is 7.15. The van der Waals surface area contributed by atoms with Gasteiger partial charge in [-0.15, -0.1) is 11.3 Å². The van der Waals surface area contributed by atoms with Gasteiger partial charge < -0.3 is 20.1 Å². The van der Waals surface area contributed by atoms with Crippen LogP contribution in [0.4, 0.5) is 10.5 Å². The lowest BCUT2D eigenvalue weighted by Crippen LogP contribution is -2.34. The van der Waals surface area contributed by atoms with Crippen molar-refractivity contribution in [3.05, 3.63) is 69.8 Å². The largest absolute Gasteiger partial charge is 0.331 e. The third-order valence-electron chi connectivity index (χ3n) is 5.90. The fourth-order valence-corrected chi connectivity index (χ4v) is 5.79. The number of halogens is 1. The van der Waals surface area contributed by atoms with Crippen molar-refractivity contribution in [3.63, 3.8) is 0 Å². The minimum Gasteiger partial charge on any atom is -0.331 e. The first-order valence-electron chi connectivity index (χ1n) is 11.2. The van der Waals surface area contributed by atoms with E-state index in [0.717, 1.165) is 38.0 Å². The van der Waals surface area contributed by atoms with Crippen molar-refractivity contribution in [1.82, 2.24) is 14.8 Å². The topological polar surface area (TPSA) is 49.3 Å². The second kappa shape index (κ2) is 10.1. The molecule has 2 N–H and O–H groups in total. The normalized spacial score (nSPS) is 14.9. The Bertz CT molecular complexity index is 1040. The Morgan fingerprint density at radius 2 is 1.88 bits per heavy atom. The maximum absolute atomic E-state index is 13.0. The van der Waals surface area contributed by atoms with Crippen LogP contribution in [0.5, 0.6) is 0 Å². The van der Waals surface area contributed by atoms with E-state index in [0.29, 0.717) is 10.9 Å². The minimum absolute atomic E-state index is 0.0505. The number of rotatable bonds is 7. The van der Waals surface area contributed by atoms with E-state index in [1.165, 1.54) is 21.0 Å². The molecule has 3 heterocycles. The number of thiophene rings is 1. The molecule has 4 rings (SSSR count). The number of likely N-dealkylation sites (N-methyl/N-ethyl adjacent to an activating group) is 1. The van der Waals surface area contributed by atoms with E-state index in [-0.39, 0.29) is 12.1 Å². The van der Waals surface area contributed by atoms with Crippen molar-refractivity contribution in [1.29, 1.82) is 0 Å². The lowest BCUT2D eigenvalue weighted by atomic mass is 9.92. The first kappa shape index (κ1) is 22.9. The number of carbonyl (C=O) groups is 1. The van der Waals surface area contributed by atoms with Crippen LogP contribution in [0.25, 0.3) is 5.00 Å². The number of amides is 2. The molecule has 3 aromatic rings. The number of aromatic nitrogens is 1. The number of nitrogens with zero attached hydrogens (tertiary/aromatic N) is 2. The molecule has 1 atom stereocenters. The highest BCUT2D eigenvalue weighted by atomic mass is 35.5. The van der Waals surface area contributed by atoms with Crippen LogP contribution in [-0.4, -0.2) is 29.1 Å². The summed E-state index contributed by atoms with van der Waals surface area (Å²) in [4.78, 5) is 16.8. The van der Waals surface area contributed by atoms with E-state index in [9.17, 15) is 4.79 Å². The molecule has 0 saturated carbocycles. The van der Waals surface area contributed by atoms with E-state index in [2.05, 4.69) is 65.5 Å². The number of anilines is 1. The van der Waals surface area contributed by atoms with Crippen molar-refractivity contribution in [2.24, 2.45) is 5.92 Å². The van der Waals surface area contributed by atoms with Crippen LogP contribution in [0.15, 0.2) is 48.8 Å². The molecule has 32 heavy (non-hydrogen) atoms. The quantitative estimate of drug-likeness (QED) is 0.415. The van der Waals surface area contributed by atoms with Gasteiger partial charge in [0.25, 0.3) is 0 Å². The summed E-state index contributed by atoms with van der Waals surface area (Å²) in [6, 6.07) is 11.1. The van der Waals surface area contributed by atoms with Gasteiger partial charge in [0.15, 0.2) is 0 Å². The average Bonchev–Trinajstić information content (AvgIpc) is 3.40. The molecule has 1 aliphatic rings. The number of benzene rings is 1. The van der Waals surface area contributed by atoms with Crippen LogP contribution < -0.4 is 10.6 Å². The summed E-state index contributed by atoms with van der Waals surface area (Å²) < 4.78 is 2.19. The standard InChI is InChI=1S/C25H31ClN4OS/c1-17(2)6-11-21(28-25(31)27-19-9-7-18(26)8-10-19)23-20-12-15-29(3)16-22(20)32-24(23)30-13-4-5-14-30/h4-5,7-10,13-14,17,21H,6,11-12,15-16H2,1-3H3,(H2,27,28,31). The Morgan fingerprint density at radius 1 is 1.16 bits per heavy atom. The Hall–Kier alpha value is -2.28. The van der Waals surface area contributed by atoms with Crippen molar-refractivity contribution in [2.75, 3.05) is 18.9 Å². The first-order valence-corrected chi connectivity index (χ1v) is 12.4. The van der Waals surface area contributed by atoms with Gasteiger partial charge in [0.2, 0.25) is 0 Å². The molecule has 0 aliphatic carbocycles. The summed E-state index contributed by atoms with van der Waals surface area (Å²) in [6.45, 7) is 6.46. The summed E-state index contributed by atoms with van der Waals surface area (Å²) in [5.41, 5.74) is 3.42. The van der Waals surface area contributed by atoms with Crippen LogP contribution in [0.1, 0.15) is 48.7 Å². The van der Waals surface area contributed by atoms with E-state index in [1.807, 2.05) is 23.5 Å². The van der Waals surface area contributed by atoms with Crippen LogP contribution >= 0.6 is 22.9 Å². The molecule has 5 nitrogen and oxygen atoms in total. The molecule has 2 amide bonds. The Balaban J connectivity index is 1.66. The summed E-state index contributed by atoms with van der Waals surface area (Å²) in [7, 11) is 2.17. The molecule has 2 aromatic heterocycles. The lowest BCUT2D eigenvalue weighted by molar-refractivity contribution is 0.247. The zero-order chi connectivity index (χ0) is 22.7. The Labute approximate surface area is 199 Å². The zero-order valence-electron chi connectivity index (χ0n) is 18.9. The average molecular weight is 471 g/mol. The second-order valence-corrected chi connectivity index (χ2v) is 10.4. The summed E-state index contributed by atoms with van der Waals surface area (Å²) in [6.07, 6.45) is 7.15. The van der Waals surface area contributed by atoms with E-state index < -0.39 is 0 Å². The molecule has 0 radical (unpaired) electrons. The molecule has 0 spiro atoms. The molecular weight excluding hydrogens is 440 g/mol. The number of fused-ring (bicyclic) bond motifs is 1. The molecule has 7 heteroatoms. The van der Waals surface area contributed by atoms with Gasteiger partial charge >= 0.3 is 6.03 Å². The Kier molecular flexibility index (Phi) is 7.23. The molecule has 1 aliphatic heterocycles. The lowest BCUT2D eigenvalue weighted by Gasteiger charge is -2.26. The molecule has 1 unspecified atom stereocenters. The van der Waals surface area contributed by atoms with Gasteiger partial charge in [-0.1, -0.05) is 25.4 Å². The first-order chi connectivity index (χ1) is 15.4. The van der Waals surface area contributed by atoms with Gasteiger partial charge in [-0.25, -0.2) is 4.79 Å². The predicted molar refractivity (Wildman–Crippen MR) is 134 cm³/mol. The van der Waals surface area contributed by atoms with Crippen molar-refractivity contribution >= 4 is 34.7 Å². The number of hydrogen-bond donors (Lipinski definition) is 2. The summed E-state index contributed by atoms with van der Waals surface area (Å²) >= 11 is 7.84. The van der Waals surface area contributed by atoms with Crippen LogP contribution in [0.3, 0.4) is 0 Å². The summed E-state index contributed by atoms with van der Waals surface area (Å²) in [5.74, 6) is 0.564. The van der Waals surface area contributed by atoms with Crippen molar-refractivity contribution in [2.45, 2.75) is 45.7 Å². The maximum Gasteiger partial charge on any atom is 0.319 e. The molecular formula is C25H31ClN4OS. The molecule has 0 fully saturated rings. The van der Waals surface area contributed by atoms with Gasteiger partial charge in [0.05, 0.1) is 6.04 Å². The van der Waals surface area contributed by atoms with Gasteiger partial charge in [0.1, 0.15) is 5.00 Å². The third-order valence-corrected chi connectivity index (χ3v) is 7.39. The minimum atomic E-state index is -0.188. The number of carbonyl (C=O) groups excluding carboxylic acids is 1.